The minimum absolute atomic E-state index is 0.000303. The zero-order chi connectivity index (χ0) is 21.9. The summed E-state index contributed by atoms with van der Waals surface area (Å²) in [5, 5.41) is 42.2. The zero-order valence-electron chi connectivity index (χ0n) is 17.4. The number of carboxylic acid groups (broad SMARTS) is 1. The Kier molecular flexibility index (Phi) is 10.2. The highest BCUT2D eigenvalue weighted by Crippen LogP contribution is 2.37. The van der Waals surface area contributed by atoms with Crippen LogP contribution in [0.5, 0.6) is 0 Å². The van der Waals surface area contributed by atoms with E-state index >= 15 is 0 Å². The number of benzene rings is 1. The van der Waals surface area contributed by atoms with Gasteiger partial charge in [-0.1, -0.05) is 36.6 Å². The van der Waals surface area contributed by atoms with Crippen molar-refractivity contribution in [3.63, 3.8) is 0 Å². The maximum atomic E-state index is 13.0. The molecule has 0 saturated heterocycles. The Morgan fingerprint density at radius 3 is 2.47 bits per heavy atom. The first kappa shape index (κ1) is 24.3. The number of aryl methyl sites for hydroxylation is 1. The number of halogens is 1. The van der Waals surface area contributed by atoms with Gasteiger partial charge in [0.15, 0.2) is 0 Å². The molecule has 1 aliphatic rings. The van der Waals surface area contributed by atoms with Crippen LogP contribution >= 0.6 is 0 Å². The van der Waals surface area contributed by atoms with E-state index in [9.17, 15) is 24.6 Å². The summed E-state index contributed by atoms with van der Waals surface area (Å²) in [5.74, 6) is -1.10. The molecule has 1 saturated carbocycles. The molecule has 0 aromatic heterocycles. The molecule has 0 amide bonds. The second-order valence-electron chi connectivity index (χ2n) is 8.38. The number of oxime groups is 1. The summed E-state index contributed by atoms with van der Waals surface area (Å²) in [6, 6.07) is 6.27. The molecular weight excluding hydrogens is 389 g/mol. The van der Waals surface area contributed by atoms with Crippen LogP contribution in [-0.4, -0.2) is 44.4 Å². The average Bonchev–Trinajstić information content (AvgIpc) is 3.03. The van der Waals surface area contributed by atoms with Gasteiger partial charge in [0, 0.05) is 18.8 Å². The van der Waals surface area contributed by atoms with Crippen molar-refractivity contribution in [3.8, 4) is 0 Å². The molecule has 2 rings (SSSR count). The fourth-order valence-corrected chi connectivity index (χ4v) is 4.43. The lowest BCUT2D eigenvalue weighted by atomic mass is 9.84. The van der Waals surface area contributed by atoms with Crippen molar-refractivity contribution in [1.82, 2.24) is 0 Å². The van der Waals surface area contributed by atoms with Crippen molar-refractivity contribution in [1.29, 1.82) is 0 Å². The number of nitrogens with zero attached hydrogens (tertiary/aromatic N) is 1. The Balaban J connectivity index is 1.76. The van der Waals surface area contributed by atoms with E-state index in [1.54, 1.807) is 12.1 Å². The van der Waals surface area contributed by atoms with Crippen LogP contribution in [0.15, 0.2) is 29.4 Å². The second kappa shape index (κ2) is 12.6. The van der Waals surface area contributed by atoms with Crippen molar-refractivity contribution in [2.45, 2.75) is 82.8 Å². The van der Waals surface area contributed by atoms with Gasteiger partial charge in [0.25, 0.3) is 0 Å². The number of hydrogen-bond donors (Lipinski definition) is 4. The Morgan fingerprint density at radius 2 is 1.80 bits per heavy atom. The van der Waals surface area contributed by atoms with Crippen LogP contribution in [0.25, 0.3) is 0 Å². The van der Waals surface area contributed by atoms with E-state index in [-0.39, 0.29) is 24.1 Å². The smallest absolute Gasteiger partial charge is 0.303 e. The monoisotopic (exact) mass is 423 g/mol. The molecule has 0 radical (unpaired) electrons. The van der Waals surface area contributed by atoms with Crippen LogP contribution in [-0.2, 0) is 11.2 Å². The van der Waals surface area contributed by atoms with Crippen molar-refractivity contribution >= 4 is 11.7 Å². The van der Waals surface area contributed by atoms with Crippen molar-refractivity contribution in [2.24, 2.45) is 17.0 Å². The fourth-order valence-electron chi connectivity index (χ4n) is 4.43. The molecule has 4 atom stereocenters. The van der Waals surface area contributed by atoms with Gasteiger partial charge in [-0.2, -0.15) is 0 Å². The third-order valence-electron chi connectivity index (χ3n) is 6.15. The summed E-state index contributed by atoms with van der Waals surface area (Å²) < 4.78 is 13.0. The van der Waals surface area contributed by atoms with E-state index in [4.69, 9.17) is 5.11 Å². The normalized spacial score (nSPS) is 23.7. The first-order valence-electron chi connectivity index (χ1n) is 10.9. The molecular formula is C23H34FNO5. The van der Waals surface area contributed by atoms with E-state index in [0.717, 1.165) is 31.2 Å². The molecule has 1 aromatic carbocycles. The Hall–Kier alpha value is -1.99. The van der Waals surface area contributed by atoms with Gasteiger partial charge in [-0.25, -0.2) is 4.39 Å². The number of hydrogen-bond acceptors (Lipinski definition) is 5. The lowest BCUT2D eigenvalue weighted by Crippen LogP contribution is -2.22. The maximum absolute atomic E-state index is 13.0. The van der Waals surface area contributed by atoms with Gasteiger partial charge < -0.3 is 20.5 Å². The number of aliphatic carboxylic acids is 1. The van der Waals surface area contributed by atoms with Gasteiger partial charge in [-0.3, -0.25) is 4.79 Å². The zero-order valence-corrected chi connectivity index (χ0v) is 17.4. The van der Waals surface area contributed by atoms with E-state index in [1.807, 2.05) is 0 Å². The number of aliphatic hydroxyl groups excluding tert-OH is 2. The predicted octanol–water partition coefficient (Wildman–Crippen LogP) is 4.15. The molecule has 1 aliphatic carbocycles. The summed E-state index contributed by atoms with van der Waals surface area (Å²) in [5.41, 5.74) is 1.58. The summed E-state index contributed by atoms with van der Waals surface area (Å²) in [6.07, 6.45) is 6.03. The molecule has 0 spiro atoms. The first-order chi connectivity index (χ1) is 14.4. The van der Waals surface area contributed by atoms with E-state index in [2.05, 4.69) is 5.16 Å². The number of carbonyl (C=O) groups is 1. The Labute approximate surface area is 177 Å². The SMILES string of the molecule is O=C(O)CCCCCC[C@H]1[C@@H](O)C/C(=N/O)[C@@H]1CC[C@@H](O)CCc1ccc(F)cc1. The summed E-state index contributed by atoms with van der Waals surface area (Å²) in [6.45, 7) is 0. The molecule has 7 heteroatoms. The van der Waals surface area contributed by atoms with Crippen LogP contribution in [0.1, 0.15) is 69.8 Å². The highest BCUT2D eigenvalue weighted by Gasteiger charge is 2.39. The van der Waals surface area contributed by atoms with Crippen LogP contribution in [0.2, 0.25) is 0 Å². The molecule has 1 aromatic rings. The highest BCUT2D eigenvalue weighted by atomic mass is 19.1. The van der Waals surface area contributed by atoms with Gasteiger partial charge in [-0.15, -0.1) is 0 Å². The summed E-state index contributed by atoms with van der Waals surface area (Å²) in [4.78, 5) is 10.6. The molecule has 6 nitrogen and oxygen atoms in total. The Morgan fingerprint density at radius 1 is 1.10 bits per heavy atom. The minimum atomic E-state index is -0.775. The van der Waals surface area contributed by atoms with Gasteiger partial charge in [0.2, 0.25) is 0 Å². The maximum Gasteiger partial charge on any atom is 0.303 e. The van der Waals surface area contributed by atoms with Gasteiger partial charge in [0.05, 0.1) is 17.9 Å². The molecule has 1 fully saturated rings. The first-order valence-corrected chi connectivity index (χ1v) is 10.9. The molecule has 30 heavy (non-hydrogen) atoms. The third-order valence-corrected chi connectivity index (χ3v) is 6.15. The predicted molar refractivity (Wildman–Crippen MR) is 112 cm³/mol. The van der Waals surface area contributed by atoms with E-state index < -0.39 is 18.2 Å². The number of rotatable bonds is 13. The second-order valence-corrected chi connectivity index (χ2v) is 8.38. The molecule has 0 heterocycles. The van der Waals surface area contributed by atoms with Crippen molar-refractivity contribution in [2.75, 3.05) is 0 Å². The van der Waals surface area contributed by atoms with E-state index in [0.29, 0.717) is 44.2 Å². The largest absolute Gasteiger partial charge is 0.481 e. The lowest BCUT2D eigenvalue weighted by molar-refractivity contribution is -0.137. The molecule has 168 valence electrons. The molecule has 0 unspecified atom stereocenters. The topological polar surface area (TPSA) is 110 Å². The lowest BCUT2D eigenvalue weighted by Gasteiger charge is -2.23. The van der Waals surface area contributed by atoms with Gasteiger partial charge in [-0.05, 0) is 62.1 Å². The van der Waals surface area contributed by atoms with Gasteiger partial charge in [0.1, 0.15) is 5.82 Å². The quantitative estimate of drug-likeness (QED) is 0.216. The van der Waals surface area contributed by atoms with Crippen LogP contribution in [0.3, 0.4) is 0 Å². The van der Waals surface area contributed by atoms with Crippen molar-refractivity contribution < 1.29 is 29.7 Å². The number of aliphatic hydroxyl groups is 2. The summed E-state index contributed by atoms with van der Waals surface area (Å²) >= 11 is 0. The van der Waals surface area contributed by atoms with Crippen LogP contribution in [0.4, 0.5) is 4.39 Å². The number of unbranched alkanes of at least 4 members (excludes halogenated alkanes) is 3. The highest BCUT2D eigenvalue weighted by molar-refractivity contribution is 5.89. The molecule has 0 bridgehead atoms. The average molecular weight is 424 g/mol. The van der Waals surface area contributed by atoms with Crippen LogP contribution < -0.4 is 0 Å². The van der Waals surface area contributed by atoms with Crippen LogP contribution in [0, 0.1) is 17.7 Å². The molecule has 0 aliphatic heterocycles. The molecule has 4 N–H and O–H groups in total. The van der Waals surface area contributed by atoms with E-state index in [1.165, 1.54) is 12.1 Å². The van der Waals surface area contributed by atoms with Crippen molar-refractivity contribution in [3.05, 3.63) is 35.6 Å². The fraction of sp³-hybridized carbons (Fsp3) is 0.652. The minimum Gasteiger partial charge on any atom is -0.481 e. The van der Waals surface area contributed by atoms with Gasteiger partial charge >= 0.3 is 5.97 Å². The Bertz CT molecular complexity index is 679. The standard InChI is InChI=1S/C23H34FNO5/c24-17-10-7-16(8-11-17)9-12-18(26)13-14-19-20(22(27)15-21(19)25-30)5-3-1-2-4-6-23(28)29/h7-8,10-11,18-20,22,26-27,30H,1-6,9,12-15H2,(H,28,29)/b25-21-/t18-,19+,20+,22-/m0/s1. The number of carboxylic acids is 1. The summed E-state index contributed by atoms with van der Waals surface area (Å²) in [7, 11) is 0. The third kappa shape index (κ3) is 8.03.